The number of hydrogen-bond donors (Lipinski definition) is 1. The van der Waals surface area contributed by atoms with Crippen molar-refractivity contribution in [3.8, 4) is 0 Å². The second-order valence-corrected chi connectivity index (χ2v) is 7.50. The molecule has 3 aliphatic rings. The van der Waals surface area contributed by atoms with Crippen LogP contribution >= 0.6 is 0 Å². The van der Waals surface area contributed by atoms with Crippen molar-refractivity contribution in [1.82, 2.24) is 15.1 Å². The smallest absolute Gasteiger partial charge is 0.0229 e. The first-order valence-corrected chi connectivity index (χ1v) is 8.29. The number of likely N-dealkylation sites (tertiary alicyclic amines) is 1. The summed E-state index contributed by atoms with van der Waals surface area (Å²) in [5.74, 6) is 0. The van der Waals surface area contributed by atoms with E-state index in [9.17, 15) is 0 Å². The van der Waals surface area contributed by atoms with Crippen LogP contribution in [0.4, 0.5) is 0 Å². The number of rotatable bonds is 6. The van der Waals surface area contributed by atoms with Gasteiger partial charge in [0.15, 0.2) is 0 Å². The lowest BCUT2D eigenvalue weighted by Crippen LogP contribution is -2.43. The van der Waals surface area contributed by atoms with Crippen LogP contribution in [0.3, 0.4) is 0 Å². The minimum atomic E-state index is 0.601. The van der Waals surface area contributed by atoms with Crippen LogP contribution in [0.25, 0.3) is 0 Å². The second kappa shape index (κ2) is 5.71. The molecular formula is C16H31N3. The third-order valence-electron chi connectivity index (χ3n) is 5.54. The molecule has 0 amide bonds. The molecule has 3 nitrogen and oxygen atoms in total. The standard InChI is InChI=1S/C16H31N3/c1-18(2)15-7-10-19(11-15)13-16(8-3-4-9-16)12-17-14-5-6-14/h14-15,17H,3-13H2,1-2H3. The molecule has 0 radical (unpaired) electrons. The lowest BCUT2D eigenvalue weighted by Gasteiger charge is -2.34. The van der Waals surface area contributed by atoms with Gasteiger partial charge in [0.2, 0.25) is 0 Å². The Bertz CT molecular complexity index is 292. The Labute approximate surface area is 118 Å². The van der Waals surface area contributed by atoms with Crippen LogP contribution < -0.4 is 5.32 Å². The van der Waals surface area contributed by atoms with Crippen molar-refractivity contribution >= 4 is 0 Å². The van der Waals surface area contributed by atoms with Crippen LogP contribution in [0.1, 0.15) is 44.9 Å². The van der Waals surface area contributed by atoms with Crippen molar-refractivity contribution in [3.63, 3.8) is 0 Å². The van der Waals surface area contributed by atoms with Gasteiger partial charge in [0, 0.05) is 31.7 Å². The largest absolute Gasteiger partial charge is 0.313 e. The van der Waals surface area contributed by atoms with E-state index in [0.717, 1.165) is 12.1 Å². The highest BCUT2D eigenvalue weighted by atomic mass is 15.2. The fourth-order valence-corrected chi connectivity index (χ4v) is 4.02. The predicted octanol–water partition coefficient (Wildman–Crippen LogP) is 1.93. The van der Waals surface area contributed by atoms with Crippen molar-refractivity contribution in [2.24, 2.45) is 5.41 Å². The summed E-state index contributed by atoms with van der Waals surface area (Å²) in [6.45, 7) is 5.23. The SMILES string of the molecule is CN(C)C1CCN(CC2(CNC3CC3)CCCC2)C1. The molecule has 0 bridgehead atoms. The summed E-state index contributed by atoms with van der Waals surface area (Å²) in [6, 6.07) is 1.65. The van der Waals surface area contributed by atoms with Gasteiger partial charge in [0.25, 0.3) is 0 Å². The van der Waals surface area contributed by atoms with Crippen LogP contribution in [0.15, 0.2) is 0 Å². The van der Waals surface area contributed by atoms with Crippen LogP contribution in [0.5, 0.6) is 0 Å². The maximum Gasteiger partial charge on any atom is 0.0229 e. The van der Waals surface area contributed by atoms with Gasteiger partial charge in [-0.1, -0.05) is 12.8 Å². The molecule has 1 saturated heterocycles. The molecule has 110 valence electrons. The molecule has 3 fully saturated rings. The number of hydrogen-bond acceptors (Lipinski definition) is 3. The van der Waals surface area contributed by atoms with E-state index in [0.29, 0.717) is 5.41 Å². The molecule has 19 heavy (non-hydrogen) atoms. The third-order valence-corrected chi connectivity index (χ3v) is 5.54. The van der Waals surface area contributed by atoms with Gasteiger partial charge in [0.05, 0.1) is 0 Å². The minimum absolute atomic E-state index is 0.601. The Morgan fingerprint density at radius 3 is 2.47 bits per heavy atom. The maximum atomic E-state index is 3.81. The lowest BCUT2D eigenvalue weighted by molar-refractivity contribution is 0.162. The Morgan fingerprint density at radius 1 is 1.16 bits per heavy atom. The molecule has 3 heteroatoms. The van der Waals surface area contributed by atoms with Crippen LogP contribution in [0.2, 0.25) is 0 Å². The van der Waals surface area contributed by atoms with Crippen molar-refractivity contribution in [2.45, 2.75) is 57.0 Å². The van der Waals surface area contributed by atoms with Crippen molar-refractivity contribution in [1.29, 1.82) is 0 Å². The number of nitrogens with one attached hydrogen (secondary N) is 1. The fraction of sp³-hybridized carbons (Fsp3) is 1.00. The summed E-state index contributed by atoms with van der Waals surface area (Å²) in [5.41, 5.74) is 0.601. The molecule has 1 atom stereocenters. The average molecular weight is 265 g/mol. The van der Waals surface area contributed by atoms with Crippen LogP contribution in [-0.2, 0) is 0 Å². The van der Waals surface area contributed by atoms with E-state index in [1.807, 2.05) is 0 Å². The van der Waals surface area contributed by atoms with Crippen molar-refractivity contribution in [2.75, 3.05) is 40.3 Å². The molecule has 0 aromatic rings. The van der Waals surface area contributed by atoms with E-state index in [1.54, 1.807) is 0 Å². The van der Waals surface area contributed by atoms with Gasteiger partial charge in [-0.3, -0.25) is 0 Å². The van der Waals surface area contributed by atoms with Gasteiger partial charge in [-0.2, -0.15) is 0 Å². The predicted molar refractivity (Wildman–Crippen MR) is 80.5 cm³/mol. The highest BCUT2D eigenvalue weighted by Crippen LogP contribution is 2.39. The van der Waals surface area contributed by atoms with Gasteiger partial charge < -0.3 is 15.1 Å². The van der Waals surface area contributed by atoms with E-state index in [-0.39, 0.29) is 0 Å². The highest BCUT2D eigenvalue weighted by Gasteiger charge is 2.38. The molecular weight excluding hydrogens is 234 g/mol. The zero-order valence-corrected chi connectivity index (χ0v) is 12.8. The van der Waals surface area contributed by atoms with Gasteiger partial charge in [-0.05, 0) is 58.2 Å². The Morgan fingerprint density at radius 2 is 1.89 bits per heavy atom. The zero-order chi connectivity index (χ0) is 13.3. The third kappa shape index (κ3) is 3.50. The molecule has 1 aliphatic heterocycles. The minimum Gasteiger partial charge on any atom is -0.313 e. The second-order valence-electron chi connectivity index (χ2n) is 7.50. The van der Waals surface area contributed by atoms with Crippen LogP contribution in [-0.4, -0.2) is 62.2 Å². The average Bonchev–Trinajstić information content (AvgIpc) is 2.91. The van der Waals surface area contributed by atoms with Crippen molar-refractivity contribution < 1.29 is 0 Å². The fourth-order valence-electron chi connectivity index (χ4n) is 4.02. The van der Waals surface area contributed by atoms with E-state index in [4.69, 9.17) is 0 Å². The summed E-state index contributed by atoms with van der Waals surface area (Å²) >= 11 is 0. The van der Waals surface area contributed by atoms with Crippen LogP contribution in [0, 0.1) is 5.41 Å². The molecule has 2 aliphatic carbocycles. The Kier molecular flexibility index (Phi) is 4.16. The van der Waals surface area contributed by atoms with Gasteiger partial charge in [-0.25, -0.2) is 0 Å². The van der Waals surface area contributed by atoms with E-state index >= 15 is 0 Å². The summed E-state index contributed by atoms with van der Waals surface area (Å²) < 4.78 is 0. The molecule has 0 aromatic carbocycles. The molecule has 1 N–H and O–H groups in total. The van der Waals surface area contributed by atoms with Crippen molar-refractivity contribution in [3.05, 3.63) is 0 Å². The Balaban J connectivity index is 1.52. The molecule has 2 saturated carbocycles. The summed E-state index contributed by atoms with van der Waals surface area (Å²) in [5, 5.41) is 3.81. The van der Waals surface area contributed by atoms with Gasteiger partial charge in [0.1, 0.15) is 0 Å². The number of likely N-dealkylation sites (N-methyl/N-ethyl adjacent to an activating group) is 1. The molecule has 1 heterocycles. The quantitative estimate of drug-likeness (QED) is 0.792. The summed E-state index contributed by atoms with van der Waals surface area (Å²) in [7, 11) is 4.46. The van der Waals surface area contributed by atoms with Gasteiger partial charge >= 0.3 is 0 Å². The van der Waals surface area contributed by atoms with E-state index < -0.39 is 0 Å². The lowest BCUT2D eigenvalue weighted by atomic mass is 9.85. The summed E-state index contributed by atoms with van der Waals surface area (Å²) in [6.07, 6.45) is 10.0. The molecule has 0 aromatic heterocycles. The van der Waals surface area contributed by atoms with E-state index in [1.165, 1.54) is 71.1 Å². The maximum absolute atomic E-state index is 3.81. The Hall–Kier alpha value is -0.120. The summed E-state index contributed by atoms with van der Waals surface area (Å²) in [4.78, 5) is 5.15. The highest BCUT2D eigenvalue weighted by molar-refractivity contribution is 4.94. The van der Waals surface area contributed by atoms with E-state index in [2.05, 4.69) is 29.2 Å². The molecule has 0 spiro atoms. The zero-order valence-electron chi connectivity index (χ0n) is 12.8. The first-order valence-electron chi connectivity index (χ1n) is 8.29. The first kappa shape index (κ1) is 13.8. The molecule has 1 unspecified atom stereocenters. The monoisotopic (exact) mass is 265 g/mol. The topological polar surface area (TPSA) is 18.5 Å². The van der Waals surface area contributed by atoms with Gasteiger partial charge in [-0.15, -0.1) is 0 Å². The normalized spacial score (nSPS) is 31.4. The first-order chi connectivity index (χ1) is 9.17. The number of nitrogens with zero attached hydrogens (tertiary/aromatic N) is 2. The molecule has 3 rings (SSSR count).